The highest BCUT2D eigenvalue weighted by Gasteiger charge is 2.38. The SMILES string of the molecule is O=C(NC1CS(=O)(=O)CC1Cl)c1c(F)cc(F)cc1F. The molecule has 1 aliphatic rings. The maximum Gasteiger partial charge on any atom is 0.257 e. The van der Waals surface area contributed by atoms with Gasteiger partial charge in [0.25, 0.3) is 5.91 Å². The number of carbonyl (C=O) groups is 1. The Morgan fingerprint density at radius 1 is 1.20 bits per heavy atom. The molecule has 2 rings (SSSR count). The van der Waals surface area contributed by atoms with Crippen LogP contribution in [0.1, 0.15) is 10.4 Å². The Hall–Kier alpha value is -1.28. The van der Waals surface area contributed by atoms with Crippen molar-refractivity contribution in [3.05, 3.63) is 35.1 Å². The molecule has 1 N–H and O–H groups in total. The van der Waals surface area contributed by atoms with Crippen molar-refractivity contribution in [2.75, 3.05) is 11.5 Å². The number of sulfone groups is 1. The lowest BCUT2D eigenvalue weighted by atomic mass is 10.1. The van der Waals surface area contributed by atoms with Crippen LogP contribution in [-0.4, -0.2) is 37.2 Å². The summed E-state index contributed by atoms with van der Waals surface area (Å²) in [5, 5.41) is 1.27. The molecule has 9 heteroatoms. The fourth-order valence-corrected chi connectivity index (χ4v) is 4.49. The van der Waals surface area contributed by atoms with Gasteiger partial charge in [-0.25, -0.2) is 21.6 Å². The Labute approximate surface area is 117 Å². The van der Waals surface area contributed by atoms with E-state index in [0.717, 1.165) is 0 Å². The van der Waals surface area contributed by atoms with E-state index in [-0.39, 0.29) is 5.75 Å². The fourth-order valence-electron chi connectivity index (χ4n) is 1.94. The second-order valence-electron chi connectivity index (χ2n) is 4.42. The Balaban J connectivity index is 2.22. The molecule has 0 saturated carbocycles. The van der Waals surface area contributed by atoms with Crippen molar-refractivity contribution >= 4 is 27.3 Å². The van der Waals surface area contributed by atoms with Gasteiger partial charge in [-0.2, -0.15) is 0 Å². The van der Waals surface area contributed by atoms with Gasteiger partial charge in [-0.15, -0.1) is 11.6 Å². The van der Waals surface area contributed by atoms with Gasteiger partial charge in [0.2, 0.25) is 0 Å². The van der Waals surface area contributed by atoms with Gasteiger partial charge < -0.3 is 5.32 Å². The number of alkyl halides is 1. The van der Waals surface area contributed by atoms with Gasteiger partial charge in [-0.05, 0) is 0 Å². The topological polar surface area (TPSA) is 63.2 Å². The smallest absolute Gasteiger partial charge is 0.257 e. The highest BCUT2D eigenvalue weighted by atomic mass is 35.5. The monoisotopic (exact) mass is 327 g/mol. The average molecular weight is 328 g/mol. The summed E-state index contributed by atoms with van der Waals surface area (Å²) in [6, 6.07) is -0.221. The molecular formula is C11H9ClF3NO3S. The van der Waals surface area contributed by atoms with Gasteiger partial charge in [0, 0.05) is 12.1 Å². The minimum Gasteiger partial charge on any atom is -0.347 e. The van der Waals surface area contributed by atoms with Crippen molar-refractivity contribution in [2.24, 2.45) is 0 Å². The van der Waals surface area contributed by atoms with Crippen LogP contribution in [0.25, 0.3) is 0 Å². The van der Waals surface area contributed by atoms with E-state index in [1.807, 2.05) is 0 Å². The van der Waals surface area contributed by atoms with E-state index < -0.39 is 55.9 Å². The minimum atomic E-state index is -3.39. The maximum absolute atomic E-state index is 13.4. The first-order valence-corrected chi connectivity index (χ1v) is 7.75. The molecule has 1 fully saturated rings. The van der Waals surface area contributed by atoms with Gasteiger partial charge in [-0.1, -0.05) is 0 Å². The van der Waals surface area contributed by atoms with Gasteiger partial charge >= 0.3 is 0 Å². The summed E-state index contributed by atoms with van der Waals surface area (Å²) in [6.07, 6.45) is 0. The van der Waals surface area contributed by atoms with Crippen LogP contribution in [0.5, 0.6) is 0 Å². The van der Waals surface area contributed by atoms with E-state index in [9.17, 15) is 26.4 Å². The molecule has 1 saturated heterocycles. The molecule has 2 unspecified atom stereocenters. The van der Waals surface area contributed by atoms with Crippen molar-refractivity contribution in [3.63, 3.8) is 0 Å². The van der Waals surface area contributed by atoms with Crippen molar-refractivity contribution in [1.82, 2.24) is 5.32 Å². The average Bonchev–Trinajstić information content (AvgIpc) is 2.49. The zero-order valence-electron chi connectivity index (χ0n) is 9.87. The molecule has 0 radical (unpaired) electrons. The van der Waals surface area contributed by atoms with Crippen LogP contribution in [0, 0.1) is 17.5 Å². The van der Waals surface area contributed by atoms with Crippen LogP contribution in [-0.2, 0) is 9.84 Å². The van der Waals surface area contributed by atoms with Crippen molar-refractivity contribution in [3.8, 4) is 0 Å². The summed E-state index contributed by atoms with van der Waals surface area (Å²) in [4.78, 5) is 11.7. The van der Waals surface area contributed by atoms with E-state index in [4.69, 9.17) is 11.6 Å². The third-order valence-corrected chi connectivity index (χ3v) is 5.21. The largest absolute Gasteiger partial charge is 0.347 e. The summed E-state index contributed by atoms with van der Waals surface area (Å²) in [5.74, 6) is -5.80. The Morgan fingerprint density at radius 2 is 1.75 bits per heavy atom. The van der Waals surface area contributed by atoms with E-state index in [1.54, 1.807) is 0 Å². The van der Waals surface area contributed by atoms with E-state index >= 15 is 0 Å². The lowest BCUT2D eigenvalue weighted by Crippen LogP contribution is -2.41. The van der Waals surface area contributed by atoms with Crippen molar-refractivity contribution < 1.29 is 26.4 Å². The summed E-state index contributed by atoms with van der Waals surface area (Å²) >= 11 is 5.76. The Morgan fingerprint density at radius 3 is 2.20 bits per heavy atom. The summed E-state index contributed by atoms with van der Waals surface area (Å²) in [6.45, 7) is 0. The van der Waals surface area contributed by atoms with Gasteiger partial charge in [0.05, 0.1) is 22.9 Å². The number of carbonyl (C=O) groups excluding carboxylic acids is 1. The number of benzene rings is 1. The van der Waals surface area contributed by atoms with Crippen LogP contribution in [0.4, 0.5) is 13.2 Å². The second-order valence-corrected chi connectivity index (χ2v) is 7.13. The normalized spacial score (nSPS) is 24.6. The number of amides is 1. The van der Waals surface area contributed by atoms with E-state index in [2.05, 4.69) is 5.32 Å². The zero-order chi connectivity index (χ0) is 15.1. The molecule has 0 aliphatic carbocycles. The van der Waals surface area contributed by atoms with Crippen LogP contribution in [0.3, 0.4) is 0 Å². The number of rotatable bonds is 2. The predicted molar refractivity (Wildman–Crippen MR) is 65.9 cm³/mol. The van der Waals surface area contributed by atoms with Crippen LogP contribution in [0.15, 0.2) is 12.1 Å². The molecule has 1 amide bonds. The molecule has 1 heterocycles. The van der Waals surface area contributed by atoms with Crippen LogP contribution in [0.2, 0.25) is 0 Å². The number of halogens is 4. The van der Waals surface area contributed by atoms with E-state index in [0.29, 0.717) is 12.1 Å². The first-order chi connectivity index (χ1) is 9.19. The number of hydrogen-bond donors (Lipinski definition) is 1. The quantitative estimate of drug-likeness (QED) is 0.831. The van der Waals surface area contributed by atoms with Crippen LogP contribution < -0.4 is 5.32 Å². The molecule has 2 atom stereocenters. The highest BCUT2D eigenvalue weighted by molar-refractivity contribution is 7.91. The molecule has 4 nitrogen and oxygen atoms in total. The number of hydrogen-bond acceptors (Lipinski definition) is 3. The molecule has 110 valence electrons. The standard InChI is InChI=1S/C11H9ClF3NO3S/c12-6-3-20(18,19)4-9(6)16-11(17)10-7(14)1-5(13)2-8(10)15/h1-2,6,9H,3-4H2,(H,16,17). The summed E-state index contributed by atoms with van der Waals surface area (Å²) in [5.41, 5.74) is -0.973. The zero-order valence-corrected chi connectivity index (χ0v) is 11.4. The predicted octanol–water partition coefficient (Wildman–Crippen LogP) is 1.24. The lowest BCUT2D eigenvalue weighted by Gasteiger charge is -2.15. The summed E-state index contributed by atoms with van der Waals surface area (Å²) in [7, 11) is -3.39. The van der Waals surface area contributed by atoms with Gasteiger partial charge in [0.15, 0.2) is 9.84 Å². The molecule has 20 heavy (non-hydrogen) atoms. The molecule has 1 aromatic rings. The Bertz CT molecular complexity index is 642. The fraction of sp³-hybridized carbons (Fsp3) is 0.364. The van der Waals surface area contributed by atoms with Crippen molar-refractivity contribution in [2.45, 2.75) is 11.4 Å². The molecule has 0 spiro atoms. The van der Waals surface area contributed by atoms with Crippen molar-refractivity contribution in [1.29, 1.82) is 0 Å². The first-order valence-electron chi connectivity index (χ1n) is 5.49. The molecular weight excluding hydrogens is 319 g/mol. The molecule has 1 aromatic carbocycles. The number of nitrogens with one attached hydrogen (secondary N) is 1. The second kappa shape index (κ2) is 5.25. The maximum atomic E-state index is 13.4. The lowest BCUT2D eigenvalue weighted by molar-refractivity contribution is 0.0933. The van der Waals surface area contributed by atoms with Gasteiger partial charge in [0.1, 0.15) is 23.0 Å². The minimum absolute atomic E-state index is 0.326. The first kappa shape index (κ1) is 15.1. The van der Waals surface area contributed by atoms with Gasteiger partial charge in [-0.3, -0.25) is 4.79 Å². The van der Waals surface area contributed by atoms with Crippen LogP contribution >= 0.6 is 11.6 Å². The third-order valence-electron chi connectivity index (χ3n) is 2.83. The summed E-state index contributed by atoms with van der Waals surface area (Å²) < 4.78 is 62.1. The molecule has 1 aliphatic heterocycles. The van der Waals surface area contributed by atoms with E-state index in [1.165, 1.54) is 0 Å². The molecule has 0 bridgehead atoms. The Kier molecular flexibility index (Phi) is 3.97. The highest BCUT2D eigenvalue weighted by Crippen LogP contribution is 2.20. The molecule has 0 aromatic heterocycles. The third kappa shape index (κ3) is 3.06.